The molecule has 2 aromatic carbocycles. The summed E-state index contributed by atoms with van der Waals surface area (Å²) in [5, 5.41) is 0. The molecule has 51 heavy (non-hydrogen) atoms. The summed E-state index contributed by atoms with van der Waals surface area (Å²) < 4.78 is 30.9. The van der Waals surface area contributed by atoms with Gasteiger partial charge in [0.05, 0.1) is 26.3 Å². The summed E-state index contributed by atoms with van der Waals surface area (Å²) in [6.07, 6.45) is 2.60. The van der Waals surface area contributed by atoms with Crippen molar-refractivity contribution in [2.45, 2.75) is 151 Å². The van der Waals surface area contributed by atoms with E-state index in [0.29, 0.717) is 26.3 Å². The lowest BCUT2D eigenvalue weighted by Crippen LogP contribution is -2.56. The molecule has 1 aliphatic heterocycles. The van der Waals surface area contributed by atoms with Crippen molar-refractivity contribution in [1.29, 1.82) is 0 Å². The number of carbonyl (C=O) groups excluding carboxylic acids is 2. The second-order valence-electron chi connectivity index (χ2n) is 17.2. The molecule has 9 nitrogen and oxygen atoms in total. The maximum absolute atomic E-state index is 13.7. The second kappa shape index (κ2) is 18.3. The van der Waals surface area contributed by atoms with Crippen LogP contribution in [0.5, 0.6) is 5.75 Å². The molecule has 0 saturated carbocycles. The van der Waals surface area contributed by atoms with Gasteiger partial charge in [0, 0.05) is 37.2 Å². The van der Waals surface area contributed by atoms with E-state index in [2.05, 4.69) is 80.5 Å². The summed E-state index contributed by atoms with van der Waals surface area (Å²) in [5.41, 5.74) is 4.20. The molecule has 3 atom stereocenters. The van der Waals surface area contributed by atoms with Crippen LogP contribution in [0.3, 0.4) is 0 Å². The fourth-order valence-corrected chi connectivity index (χ4v) is 6.82. The molecule has 0 spiro atoms. The first-order valence-electron chi connectivity index (χ1n) is 18.6. The van der Waals surface area contributed by atoms with Crippen LogP contribution in [0.2, 0.25) is 19.6 Å². The van der Waals surface area contributed by atoms with Gasteiger partial charge in [0.25, 0.3) is 0 Å². The van der Waals surface area contributed by atoms with Crippen LogP contribution in [0.1, 0.15) is 95.5 Å². The Hall–Kier alpha value is -2.76. The zero-order valence-corrected chi connectivity index (χ0v) is 34.8. The highest BCUT2D eigenvalue weighted by Crippen LogP contribution is 2.29. The van der Waals surface area contributed by atoms with Crippen molar-refractivity contribution in [1.82, 2.24) is 9.80 Å². The fraction of sp³-hybridized carbons (Fsp3) is 0.659. The smallest absolute Gasteiger partial charge is 0.320 e. The van der Waals surface area contributed by atoms with Gasteiger partial charge in [-0.15, -0.1) is 0 Å². The topological polar surface area (TPSA) is 86.8 Å². The molecule has 0 amide bonds. The van der Waals surface area contributed by atoms with E-state index in [1.165, 1.54) is 5.56 Å². The van der Waals surface area contributed by atoms with E-state index >= 15 is 0 Å². The average Bonchev–Trinajstić information content (AvgIpc) is 2.97. The molecule has 2 aromatic rings. The second-order valence-corrected chi connectivity index (χ2v) is 21.7. The summed E-state index contributed by atoms with van der Waals surface area (Å²) in [4.78, 5) is 31.5. The SMILES string of the molecule is Cc1ccc(CN(CC(=O)OC(C)(C)C)C(C)C(CO[Si](C)(C)C)N(CC(=O)OC(C)(C)C)Cc2ccc(C)cc2OC2CCCCO2)c(C)c1. The predicted molar refractivity (Wildman–Crippen MR) is 206 cm³/mol. The summed E-state index contributed by atoms with van der Waals surface area (Å²) in [6, 6.07) is 12.0. The number of rotatable bonds is 16. The summed E-state index contributed by atoms with van der Waals surface area (Å²) in [7, 11) is -2.01. The minimum Gasteiger partial charge on any atom is -0.465 e. The molecule has 3 rings (SSSR count). The lowest BCUT2D eigenvalue weighted by molar-refractivity contribution is -0.160. The van der Waals surface area contributed by atoms with Gasteiger partial charge in [-0.25, -0.2) is 0 Å². The van der Waals surface area contributed by atoms with Crippen molar-refractivity contribution in [2.24, 2.45) is 0 Å². The van der Waals surface area contributed by atoms with Gasteiger partial charge in [0.1, 0.15) is 17.0 Å². The molecular formula is C41H66N2O7Si. The number of hydrogen-bond acceptors (Lipinski definition) is 9. The molecule has 1 fully saturated rings. The first-order valence-corrected chi connectivity index (χ1v) is 22.0. The van der Waals surface area contributed by atoms with Crippen LogP contribution in [-0.2, 0) is 41.3 Å². The van der Waals surface area contributed by atoms with E-state index in [-0.39, 0.29) is 43.4 Å². The Morgan fingerprint density at radius 2 is 1.37 bits per heavy atom. The first kappa shape index (κ1) is 42.6. The molecular weight excluding hydrogens is 661 g/mol. The molecule has 286 valence electrons. The van der Waals surface area contributed by atoms with Crippen molar-refractivity contribution in [3.63, 3.8) is 0 Å². The van der Waals surface area contributed by atoms with Crippen molar-refractivity contribution in [3.05, 3.63) is 64.2 Å². The number of aryl methyl sites for hydroxylation is 3. The molecule has 0 N–H and O–H groups in total. The Balaban J connectivity index is 2.11. The highest BCUT2D eigenvalue weighted by molar-refractivity contribution is 6.69. The van der Waals surface area contributed by atoms with E-state index in [0.717, 1.165) is 47.3 Å². The third-order valence-corrected chi connectivity index (χ3v) is 9.69. The van der Waals surface area contributed by atoms with Crippen molar-refractivity contribution in [3.8, 4) is 5.75 Å². The Morgan fingerprint density at radius 3 is 1.90 bits per heavy atom. The highest BCUT2D eigenvalue weighted by Gasteiger charge is 2.35. The van der Waals surface area contributed by atoms with Crippen LogP contribution in [0.15, 0.2) is 36.4 Å². The van der Waals surface area contributed by atoms with Crippen LogP contribution in [-0.4, -0.2) is 85.9 Å². The molecule has 0 bridgehead atoms. The largest absolute Gasteiger partial charge is 0.465 e. The van der Waals surface area contributed by atoms with Crippen LogP contribution in [0.4, 0.5) is 0 Å². The Kier molecular flexibility index (Phi) is 15.3. The van der Waals surface area contributed by atoms with Gasteiger partial charge in [-0.3, -0.25) is 19.4 Å². The molecule has 10 heteroatoms. The van der Waals surface area contributed by atoms with Crippen LogP contribution >= 0.6 is 0 Å². The van der Waals surface area contributed by atoms with Crippen LogP contribution in [0, 0.1) is 20.8 Å². The van der Waals surface area contributed by atoms with Gasteiger partial charge >= 0.3 is 11.9 Å². The standard InChI is InChI=1S/C41H66N2O7Si/c1-29-17-19-33(31(3)22-29)24-42(26-37(44)49-40(5,6)7)32(4)35(28-47-51(11,12)13)43(27-38(45)50-41(8,9)10)25-34-20-18-30(2)23-36(34)48-39-16-14-15-21-46-39/h17-20,22-23,32,35,39H,14-16,21,24-28H2,1-13H3. The van der Waals surface area contributed by atoms with Gasteiger partial charge in [0.15, 0.2) is 14.6 Å². The lowest BCUT2D eigenvalue weighted by Gasteiger charge is -2.42. The summed E-state index contributed by atoms with van der Waals surface area (Å²) >= 11 is 0. The Bertz CT molecular complexity index is 1440. The number of hydrogen-bond donors (Lipinski definition) is 0. The predicted octanol–water partition coefficient (Wildman–Crippen LogP) is 8.11. The fourth-order valence-electron chi connectivity index (χ4n) is 6.15. The van der Waals surface area contributed by atoms with E-state index in [9.17, 15) is 9.59 Å². The highest BCUT2D eigenvalue weighted by atomic mass is 28.4. The number of ether oxygens (including phenoxy) is 4. The van der Waals surface area contributed by atoms with E-state index in [1.54, 1.807) is 0 Å². The maximum atomic E-state index is 13.7. The van der Waals surface area contributed by atoms with Gasteiger partial charge < -0.3 is 23.4 Å². The van der Waals surface area contributed by atoms with E-state index < -0.39 is 19.5 Å². The first-order chi connectivity index (χ1) is 23.6. The third kappa shape index (κ3) is 15.4. The molecule has 1 aliphatic rings. The molecule has 0 radical (unpaired) electrons. The number of carbonyl (C=O) groups is 2. The molecule has 1 saturated heterocycles. The zero-order chi connectivity index (χ0) is 38.1. The molecule has 3 unspecified atom stereocenters. The molecule has 1 heterocycles. The zero-order valence-electron chi connectivity index (χ0n) is 33.8. The van der Waals surface area contributed by atoms with Crippen molar-refractivity contribution < 1.29 is 33.0 Å². The van der Waals surface area contributed by atoms with Gasteiger partial charge in [-0.1, -0.05) is 35.9 Å². The maximum Gasteiger partial charge on any atom is 0.320 e. The van der Waals surface area contributed by atoms with E-state index in [1.807, 2.05) is 54.5 Å². The minimum atomic E-state index is -2.01. The number of esters is 2. The molecule has 0 aromatic heterocycles. The summed E-state index contributed by atoms with van der Waals surface area (Å²) in [5.74, 6) is 0.116. The quantitative estimate of drug-likeness (QED) is 0.126. The van der Waals surface area contributed by atoms with Gasteiger partial charge in [0.2, 0.25) is 0 Å². The van der Waals surface area contributed by atoms with Crippen molar-refractivity contribution >= 4 is 20.3 Å². The van der Waals surface area contributed by atoms with Crippen LogP contribution < -0.4 is 4.74 Å². The summed E-state index contributed by atoms with van der Waals surface area (Å²) in [6.45, 7) is 28.2. The van der Waals surface area contributed by atoms with E-state index in [4.69, 9.17) is 23.4 Å². The number of benzene rings is 2. The van der Waals surface area contributed by atoms with Gasteiger partial charge in [-0.2, -0.15) is 0 Å². The Labute approximate surface area is 309 Å². The number of nitrogens with zero attached hydrogens (tertiary/aromatic N) is 2. The minimum absolute atomic E-state index is 0.0262. The van der Waals surface area contributed by atoms with Crippen molar-refractivity contribution in [2.75, 3.05) is 26.3 Å². The lowest BCUT2D eigenvalue weighted by atomic mass is 10.0. The van der Waals surface area contributed by atoms with Gasteiger partial charge in [-0.05, 0) is 124 Å². The monoisotopic (exact) mass is 726 g/mol. The Morgan fingerprint density at radius 1 is 0.824 bits per heavy atom. The average molecular weight is 727 g/mol. The van der Waals surface area contributed by atoms with Crippen LogP contribution in [0.25, 0.3) is 0 Å². The molecule has 0 aliphatic carbocycles. The third-order valence-electron chi connectivity index (χ3n) is 8.66. The normalized spacial score (nSPS) is 17.0.